The largest absolute Gasteiger partial charge is 0.384 e. The molecule has 5 heteroatoms. The third kappa shape index (κ3) is 2.49. The van der Waals surface area contributed by atoms with Gasteiger partial charge in [0.15, 0.2) is 0 Å². The van der Waals surface area contributed by atoms with Crippen LogP contribution in [0, 0.1) is 0 Å². The first-order chi connectivity index (χ1) is 9.67. The van der Waals surface area contributed by atoms with Gasteiger partial charge in [0, 0.05) is 30.5 Å². The molecule has 0 aromatic heterocycles. The smallest absolute Gasteiger partial charge is 0.211 e. The topological polar surface area (TPSA) is 79.7 Å². The second-order valence-electron chi connectivity index (χ2n) is 5.38. The summed E-state index contributed by atoms with van der Waals surface area (Å²) in [5.41, 5.74) is 14.1. The van der Waals surface area contributed by atoms with Crippen LogP contribution in [0.3, 0.4) is 0 Å². The minimum atomic E-state index is -0.959. The summed E-state index contributed by atoms with van der Waals surface area (Å²) >= 11 is 0. The van der Waals surface area contributed by atoms with E-state index in [0.717, 1.165) is 18.7 Å². The summed E-state index contributed by atoms with van der Waals surface area (Å²) in [7, 11) is 0. The molecule has 1 fully saturated rings. The highest BCUT2D eigenvalue weighted by Crippen LogP contribution is 2.24. The lowest BCUT2D eigenvalue weighted by Crippen LogP contribution is -2.49. The summed E-state index contributed by atoms with van der Waals surface area (Å²) in [4.78, 5) is 6.71. The van der Waals surface area contributed by atoms with Crippen molar-refractivity contribution in [2.75, 3.05) is 18.0 Å². The van der Waals surface area contributed by atoms with Crippen molar-refractivity contribution in [2.24, 2.45) is 16.5 Å². The van der Waals surface area contributed by atoms with Gasteiger partial charge in [0.2, 0.25) is 5.79 Å². The first-order valence-electron chi connectivity index (χ1n) is 7.11. The van der Waals surface area contributed by atoms with Gasteiger partial charge in [-0.3, -0.25) is 5.73 Å². The van der Waals surface area contributed by atoms with Gasteiger partial charge in [-0.1, -0.05) is 12.1 Å². The molecule has 1 aromatic carbocycles. The van der Waals surface area contributed by atoms with Crippen LogP contribution >= 0.6 is 0 Å². The third-order valence-electron chi connectivity index (χ3n) is 3.89. The molecular weight excluding hydrogens is 250 g/mol. The number of anilines is 1. The summed E-state index contributed by atoms with van der Waals surface area (Å²) < 4.78 is 0. The average molecular weight is 271 g/mol. The molecule has 5 nitrogen and oxygen atoms in total. The minimum Gasteiger partial charge on any atom is -0.384 e. The molecule has 2 aliphatic rings. The predicted molar refractivity (Wildman–Crippen MR) is 82.3 cm³/mol. The summed E-state index contributed by atoms with van der Waals surface area (Å²) in [5, 5.41) is 3.06. The second kappa shape index (κ2) is 5.17. The highest BCUT2D eigenvalue weighted by Gasteiger charge is 2.27. The van der Waals surface area contributed by atoms with Crippen LogP contribution in [0.5, 0.6) is 0 Å². The molecule has 0 bridgehead atoms. The van der Waals surface area contributed by atoms with E-state index in [4.69, 9.17) is 11.5 Å². The molecule has 0 aliphatic carbocycles. The molecule has 5 N–H and O–H groups in total. The fourth-order valence-corrected chi connectivity index (χ4v) is 2.75. The van der Waals surface area contributed by atoms with E-state index in [9.17, 15) is 0 Å². The van der Waals surface area contributed by atoms with Crippen molar-refractivity contribution in [3.8, 4) is 0 Å². The Labute approximate surface area is 119 Å². The Hall–Kier alpha value is -2.01. The number of rotatable bonds is 2. The van der Waals surface area contributed by atoms with Gasteiger partial charge in [0.1, 0.15) is 5.84 Å². The Morgan fingerprint density at radius 3 is 2.45 bits per heavy atom. The van der Waals surface area contributed by atoms with Gasteiger partial charge in [-0.25, -0.2) is 4.99 Å². The molecule has 1 saturated heterocycles. The van der Waals surface area contributed by atoms with Crippen molar-refractivity contribution in [3.05, 3.63) is 42.1 Å². The van der Waals surface area contributed by atoms with E-state index >= 15 is 0 Å². The lowest BCUT2D eigenvalue weighted by Gasteiger charge is -2.31. The van der Waals surface area contributed by atoms with Gasteiger partial charge in [0.25, 0.3) is 0 Å². The van der Waals surface area contributed by atoms with Gasteiger partial charge in [-0.05, 0) is 37.5 Å². The molecule has 20 heavy (non-hydrogen) atoms. The summed E-state index contributed by atoms with van der Waals surface area (Å²) in [6, 6.07) is 8.27. The Morgan fingerprint density at radius 2 is 1.80 bits per heavy atom. The number of nitrogens with one attached hydrogen (secondary N) is 1. The van der Waals surface area contributed by atoms with Crippen LogP contribution < -0.4 is 21.7 Å². The zero-order chi connectivity index (χ0) is 14.0. The van der Waals surface area contributed by atoms with E-state index in [1.165, 1.54) is 24.9 Å². The molecule has 0 amide bonds. The molecule has 2 heterocycles. The molecule has 3 rings (SSSR count). The number of benzene rings is 1. The molecule has 1 aromatic rings. The number of piperidine rings is 1. The summed E-state index contributed by atoms with van der Waals surface area (Å²) in [6.07, 6.45) is 7.32. The van der Waals surface area contributed by atoms with Crippen LogP contribution in [-0.2, 0) is 5.79 Å². The number of amidine groups is 1. The summed E-state index contributed by atoms with van der Waals surface area (Å²) in [5.74, 6) is -0.523. The molecule has 0 saturated carbocycles. The fraction of sp³-hybridized carbons (Fsp3) is 0.400. The quantitative estimate of drug-likeness (QED) is 0.755. The number of aliphatic imine (C=N–C) groups is 1. The molecular formula is C15H21N5. The molecule has 2 aliphatic heterocycles. The highest BCUT2D eigenvalue weighted by molar-refractivity contribution is 5.92. The van der Waals surface area contributed by atoms with Gasteiger partial charge >= 0.3 is 0 Å². The predicted octanol–water partition coefficient (Wildman–Crippen LogP) is 1.22. The molecule has 1 unspecified atom stereocenters. The van der Waals surface area contributed by atoms with E-state index < -0.39 is 5.79 Å². The zero-order valence-electron chi connectivity index (χ0n) is 11.5. The van der Waals surface area contributed by atoms with E-state index in [2.05, 4.69) is 27.3 Å². The van der Waals surface area contributed by atoms with Crippen molar-refractivity contribution in [1.29, 1.82) is 0 Å². The number of hydrogen-bond donors (Lipinski definition) is 3. The number of nitrogens with zero attached hydrogens (tertiary/aromatic N) is 2. The Kier molecular flexibility index (Phi) is 3.36. The third-order valence-corrected chi connectivity index (χ3v) is 3.89. The van der Waals surface area contributed by atoms with Crippen LogP contribution in [0.2, 0.25) is 0 Å². The van der Waals surface area contributed by atoms with Crippen molar-refractivity contribution in [2.45, 2.75) is 25.0 Å². The first kappa shape index (κ1) is 13.0. The summed E-state index contributed by atoms with van der Waals surface area (Å²) in [6.45, 7) is 2.28. The zero-order valence-corrected chi connectivity index (χ0v) is 11.5. The minimum absolute atomic E-state index is 0.436. The molecule has 106 valence electrons. The average Bonchev–Trinajstić information content (AvgIpc) is 2.48. The standard InChI is InChI=1S/C15H21N5/c16-14-8-9-18-15(17,19-14)12-4-6-13(7-5-12)20-10-2-1-3-11-20/h4-9,18H,1-3,10-11,17H2,(H2,16,19). The number of hydrogen-bond acceptors (Lipinski definition) is 5. The van der Waals surface area contributed by atoms with Crippen molar-refractivity contribution >= 4 is 11.5 Å². The van der Waals surface area contributed by atoms with Crippen LogP contribution in [0.1, 0.15) is 24.8 Å². The maximum absolute atomic E-state index is 6.26. The van der Waals surface area contributed by atoms with E-state index in [1.807, 2.05) is 12.1 Å². The van der Waals surface area contributed by atoms with Gasteiger partial charge in [0.05, 0.1) is 0 Å². The molecule has 0 spiro atoms. The fourth-order valence-electron chi connectivity index (χ4n) is 2.75. The monoisotopic (exact) mass is 271 g/mol. The second-order valence-corrected chi connectivity index (χ2v) is 5.38. The Balaban J connectivity index is 1.80. The van der Waals surface area contributed by atoms with Crippen LogP contribution in [0.25, 0.3) is 0 Å². The lowest BCUT2D eigenvalue weighted by molar-refractivity contribution is 0.410. The van der Waals surface area contributed by atoms with Gasteiger partial charge < -0.3 is 16.0 Å². The van der Waals surface area contributed by atoms with Crippen molar-refractivity contribution in [3.63, 3.8) is 0 Å². The van der Waals surface area contributed by atoms with Crippen LogP contribution in [-0.4, -0.2) is 18.9 Å². The van der Waals surface area contributed by atoms with Crippen LogP contribution in [0.15, 0.2) is 41.5 Å². The van der Waals surface area contributed by atoms with Crippen molar-refractivity contribution < 1.29 is 0 Å². The van der Waals surface area contributed by atoms with Crippen molar-refractivity contribution in [1.82, 2.24) is 5.32 Å². The lowest BCUT2D eigenvalue weighted by atomic mass is 10.1. The maximum Gasteiger partial charge on any atom is 0.211 e. The molecule has 1 atom stereocenters. The van der Waals surface area contributed by atoms with E-state index in [-0.39, 0.29) is 0 Å². The normalized spacial score (nSPS) is 26.1. The van der Waals surface area contributed by atoms with E-state index in [1.54, 1.807) is 12.3 Å². The SMILES string of the molecule is NC1=NC(N)(c2ccc(N3CCCCC3)cc2)NC=C1. The van der Waals surface area contributed by atoms with E-state index in [0.29, 0.717) is 5.84 Å². The highest BCUT2D eigenvalue weighted by atomic mass is 15.3. The van der Waals surface area contributed by atoms with Crippen LogP contribution in [0.4, 0.5) is 5.69 Å². The van der Waals surface area contributed by atoms with Gasteiger partial charge in [-0.15, -0.1) is 0 Å². The number of nitrogens with two attached hydrogens (primary N) is 2. The first-order valence-corrected chi connectivity index (χ1v) is 7.11. The van der Waals surface area contributed by atoms with Gasteiger partial charge in [-0.2, -0.15) is 0 Å². The maximum atomic E-state index is 6.26. The Bertz CT molecular complexity index is 528. The Morgan fingerprint density at radius 1 is 1.10 bits per heavy atom. The molecule has 0 radical (unpaired) electrons.